The minimum absolute atomic E-state index is 0.254. The lowest BCUT2D eigenvalue weighted by atomic mass is 9.89. The fourth-order valence-corrected chi connectivity index (χ4v) is 5.15. The monoisotopic (exact) mass is 334 g/mol. The largest absolute Gasteiger partial charge is 0.392 e. The van der Waals surface area contributed by atoms with Crippen LogP contribution in [0.25, 0.3) is 0 Å². The molecular formula is C13H26N4O2S2. The molecule has 2 aliphatic heterocycles. The van der Waals surface area contributed by atoms with Crippen LogP contribution in [0.5, 0.6) is 0 Å². The average Bonchev–Trinajstić information content (AvgIpc) is 2.41. The van der Waals surface area contributed by atoms with Gasteiger partial charge < -0.3 is 10.6 Å². The van der Waals surface area contributed by atoms with Crippen molar-refractivity contribution >= 4 is 27.4 Å². The standard InChI is InChI=1S/C13H26N4O2S2/c1-11-4-3-7-17(10-11)21(18,19)15-13(12(14)20)5-8-16(2)9-6-13/h11,15H,3-10H2,1-2H3,(H2,14,20). The van der Waals surface area contributed by atoms with Crippen molar-refractivity contribution < 1.29 is 8.42 Å². The molecule has 0 amide bonds. The average molecular weight is 335 g/mol. The van der Waals surface area contributed by atoms with E-state index in [2.05, 4.69) is 16.5 Å². The van der Waals surface area contributed by atoms with Crippen molar-refractivity contribution in [3.05, 3.63) is 0 Å². The number of piperidine rings is 2. The maximum Gasteiger partial charge on any atom is 0.280 e. The molecule has 1 unspecified atom stereocenters. The van der Waals surface area contributed by atoms with E-state index in [1.165, 1.54) is 0 Å². The van der Waals surface area contributed by atoms with Gasteiger partial charge in [-0.1, -0.05) is 19.1 Å². The number of nitrogens with zero attached hydrogens (tertiary/aromatic N) is 2. The first-order valence-corrected chi connectivity index (χ1v) is 9.37. The lowest BCUT2D eigenvalue weighted by molar-refractivity contribution is 0.214. The Morgan fingerprint density at radius 2 is 1.95 bits per heavy atom. The first kappa shape index (κ1) is 17.1. The molecule has 2 heterocycles. The van der Waals surface area contributed by atoms with Gasteiger partial charge in [0, 0.05) is 26.2 Å². The Bertz CT molecular complexity index is 486. The number of rotatable bonds is 4. The molecule has 3 N–H and O–H groups in total. The Morgan fingerprint density at radius 3 is 2.48 bits per heavy atom. The Hall–Kier alpha value is -0.280. The lowest BCUT2D eigenvalue weighted by Gasteiger charge is -2.42. The summed E-state index contributed by atoms with van der Waals surface area (Å²) in [5.41, 5.74) is 5.10. The van der Waals surface area contributed by atoms with E-state index in [1.807, 2.05) is 7.05 Å². The minimum Gasteiger partial charge on any atom is -0.392 e. The van der Waals surface area contributed by atoms with Crippen LogP contribution >= 0.6 is 12.2 Å². The molecular weight excluding hydrogens is 308 g/mol. The zero-order chi connectivity index (χ0) is 15.7. The summed E-state index contributed by atoms with van der Waals surface area (Å²) in [5, 5.41) is 0. The highest BCUT2D eigenvalue weighted by molar-refractivity contribution is 7.87. The predicted octanol–water partition coefficient (Wildman–Crippen LogP) is 0.303. The second-order valence-corrected chi connectivity index (χ2v) is 8.57. The summed E-state index contributed by atoms with van der Waals surface area (Å²) in [4.78, 5) is 2.41. The van der Waals surface area contributed by atoms with Crippen LogP contribution in [0.4, 0.5) is 0 Å². The molecule has 2 aliphatic rings. The Balaban J connectivity index is 2.14. The van der Waals surface area contributed by atoms with Crippen LogP contribution in [-0.2, 0) is 10.2 Å². The molecule has 2 fully saturated rings. The van der Waals surface area contributed by atoms with E-state index in [4.69, 9.17) is 18.0 Å². The maximum absolute atomic E-state index is 12.7. The third kappa shape index (κ3) is 3.92. The predicted molar refractivity (Wildman–Crippen MR) is 88.3 cm³/mol. The quantitative estimate of drug-likeness (QED) is 0.723. The van der Waals surface area contributed by atoms with Gasteiger partial charge in [0.2, 0.25) is 0 Å². The van der Waals surface area contributed by atoms with E-state index in [9.17, 15) is 8.42 Å². The van der Waals surface area contributed by atoms with Gasteiger partial charge in [0.1, 0.15) is 0 Å². The van der Waals surface area contributed by atoms with Crippen LogP contribution in [0, 0.1) is 5.92 Å². The maximum atomic E-state index is 12.7. The second-order valence-electron chi connectivity index (χ2n) is 6.46. The van der Waals surface area contributed by atoms with E-state index >= 15 is 0 Å². The van der Waals surface area contributed by atoms with Crippen molar-refractivity contribution in [2.45, 2.75) is 38.1 Å². The number of thiocarbonyl (C=S) groups is 1. The first-order valence-electron chi connectivity index (χ1n) is 7.53. The third-order valence-electron chi connectivity index (χ3n) is 4.60. The molecule has 6 nitrogen and oxygen atoms in total. The molecule has 0 aliphatic carbocycles. The Labute approximate surface area is 133 Å². The number of hydrogen-bond donors (Lipinski definition) is 2. The number of hydrogen-bond acceptors (Lipinski definition) is 4. The molecule has 0 aromatic rings. The van der Waals surface area contributed by atoms with Crippen LogP contribution in [0.15, 0.2) is 0 Å². The lowest BCUT2D eigenvalue weighted by Crippen LogP contribution is -2.63. The SMILES string of the molecule is CC1CCCN(S(=O)(=O)NC2(C(N)=S)CCN(C)CC2)C1. The van der Waals surface area contributed by atoms with Crippen LogP contribution < -0.4 is 10.5 Å². The van der Waals surface area contributed by atoms with Gasteiger partial charge in [-0.25, -0.2) is 0 Å². The van der Waals surface area contributed by atoms with Gasteiger partial charge in [-0.2, -0.15) is 17.4 Å². The molecule has 0 aromatic carbocycles. The van der Waals surface area contributed by atoms with Crippen LogP contribution in [0.3, 0.4) is 0 Å². The fourth-order valence-electron chi connectivity index (χ4n) is 3.08. The topological polar surface area (TPSA) is 78.7 Å². The van der Waals surface area contributed by atoms with E-state index in [0.29, 0.717) is 31.8 Å². The molecule has 0 bridgehead atoms. The summed E-state index contributed by atoms with van der Waals surface area (Å²) < 4.78 is 29.7. The van der Waals surface area contributed by atoms with Crippen molar-refractivity contribution in [3.8, 4) is 0 Å². The molecule has 2 rings (SSSR count). The second kappa shape index (κ2) is 6.45. The molecule has 2 saturated heterocycles. The van der Waals surface area contributed by atoms with Crippen molar-refractivity contribution in [1.29, 1.82) is 0 Å². The highest BCUT2D eigenvalue weighted by Gasteiger charge is 2.42. The number of nitrogens with one attached hydrogen (secondary N) is 1. The normalized spacial score (nSPS) is 28.4. The summed E-state index contributed by atoms with van der Waals surface area (Å²) >= 11 is 5.17. The number of likely N-dealkylation sites (tertiary alicyclic amines) is 1. The fraction of sp³-hybridized carbons (Fsp3) is 0.923. The zero-order valence-corrected chi connectivity index (χ0v) is 14.5. The van der Waals surface area contributed by atoms with Gasteiger partial charge in [-0.3, -0.25) is 0 Å². The number of nitrogens with two attached hydrogens (primary N) is 1. The zero-order valence-electron chi connectivity index (χ0n) is 12.8. The molecule has 0 radical (unpaired) electrons. The summed E-state index contributed by atoms with van der Waals surface area (Å²) in [6, 6.07) is 0. The molecule has 8 heteroatoms. The summed E-state index contributed by atoms with van der Waals surface area (Å²) in [6.07, 6.45) is 3.24. The molecule has 0 aromatic heterocycles. The van der Waals surface area contributed by atoms with Crippen molar-refractivity contribution in [2.24, 2.45) is 11.7 Å². The van der Waals surface area contributed by atoms with E-state index in [0.717, 1.165) is 25.9 Å². The van der Waals surface area contributed by atoms with Gasteiger partial charge >= 0.3 is 0 Å². The van der Waals surface area contributed by atoms with E-state index in [-0.39, 0.29) is 4.99 Å². The third-order valence-corrected chi connectivity index (χ3v) is 6.65. The van der Waals surface area contributed by atoms with E-state index < -0.39 is 15.7 Å². The summed E-state index contributed by atoms with van der Waals surface area (Å²) in [5.74, 6) is 0.397. The summed E-state index contributed by atoms with van der Waals surface area (Å²) in [6.45, 7) is 4.81. The van der Waals surface area contributed by atoms with Crippen LogP contribution in [0.2, 0.25) is 0 Å². The van der Waals surface area contributed by atoms with Gasteiger partial charge in [-0.15, -0.1) is 0 Å². The Kier molecular flexibility index (Phi) is 5.25. The van der Waals surface area contributed by atoms with Crippen molar-refractivity contribution in [2.75, 3.05) is 33.2 Å². The van der Waals surface area contributed by atoms with E-state index in [1.54, 1.807) is 4.31 Å². The van der Waals surface area contributed by atoms with Gasteiger partial charge in [0.15, 0.2) is 0 Å². The molecule has 21 heavy (non-hydrogen) atoms. The highest BCUT2D eigenvalue weighted by atomic mass is 32.2. The molecule has 122 valence electrons. The smallest absolute Gasteiger partial charge is 0.280 e. The highest BCUT2D eigenvalue weighted by Crippen LogP contribution is 2.25. The molecule has 0 spiro atoms. The molecule has 0 saturated carbocycles. The van der Waals surface area contributed by atoms with Crippen molar-refractivity contribution in [3.63, 3.8) is 0 Å². The first-order chi connectivity index (χ1) is 9.75. The Morgan fingerprint density at radius 1 is 1.33 bits per heavy atom. The van der Waals surface area contributed by atoms with Gasteiger partial charge in [0.05, 0.1) is 10.5 Å². The van der Waals surface area contributed by atoms with Crippen LogP contribution in [-0.4, -0.2) is 61.4 Å². The summed E-state index contributed by atoms with van der Waals surface area (Å²) in [7, 11) is -1.52. The minimum atomic E-state index is -3.54. The van der Waals surface area contributed by atoms with Gasteiger partial charge in [-0.05, 0) is 38.6 Å². The van der Waals surface area contributed by atoms with Gasteiger partial charge in [0.25, 0.3) is 10.2 Å². The molecule has 1 atom stereocenters. The van der Waals surface area contributed by atoms with Crippen molar-refractivity contribution in [1.82, 2.24) is 13.9 Å². The van der Waals surface area contributed by atoms with Crippen LogP contribution in [0.1, 0.15) is 32.6 Å².